The van der Waals surface area contributed by atoms with Crippen LogP contribution >= 0.6 is 11.8 Å². The van der Waals surface area contributed by atoms with Crippen LogP contribution in [0.5, 0.6) is 0 Å². The van der Waals surface area contributed by atoms with Crippen molar-refractivity contribution in [3.63, 3.8) is 0 Å². The standard InChI is InChI=1S/C13H18F2N2OS/c1-19-13-3-2-10(9-4-5-18-8-9)11(17-13)6-16-7-12(14)15/h2-3,9,12,16H,4-8H2,1H3/t9-/m1/s1. The van der Waals surface area contributed by atoms with Gasteiger partial charge in [-0.15, -0.1) is 11.8 Å². The van der Waals surface area contributed by atoms with Crippen LogP contribution < -0.4 is 5.32 Å². The van der Waals surface area contributed by atoms with Gasteiger partial charge in [-0.1, -0.05) is 6.07 Å². The number of halogens is 2. The lowest BCUT2D eigenvalue weighted by atomic mass is 9.97. The van der Waals surface area contributed by atoms with Crippen molar-refractivity contribution in [2.45, 2.75) is 30.3 Å². The van der Waals surface area contributed by atoms with Crippen molar-refractivity contribution in [1.82, 2.24) is 10.3 Å². The Balaban J connectivity index is 2.11. The molecule has 0 aromatic carbocycles. The van der Waals surface area contributed by atoms with Gasteiger partial charge in [0.25, 0.3) is 6.43 Å². The molecule has 2 heterocycles. The van der Waals surface area contributed by atoms with Crippen LogP contribution in [0.1, 0.15) is 23.6 Å². The SMILES string of the molecule is CSc1ccc([C@@H]2CCOC2)c(CNCC(F)F)n1. The van der Waals surface area contributed by atoms with Crippen LogP contribution in [0.3, 0.4) is 0 Å². The molecule has 1 N–H and O–H groups in total. The highest BCUT2D eigenvalue weighted by atomic mass is 32.2. The van der Waals surface area contributed by atoms with Gasteiger partial charge in [-0.2, -0.15) is 0 Å². The fourth-order valence-corrected chi connectivity index (χ4v) is 2.60. The molecule has 0 unspecified atom stereocenters. The Labute approximate surface area is 116 Å². The molecule has 0 bridgehead atoms. The predicted molar refractivity (Wildman–Crippen MR) is 71.9 cm³/mol. The summed E-state index contributed by atoms with van der Waals surface area (Å²) in [5.74, 6) is 0.340. The molecular formula is C13H18F2N2OS. The number of thioether (sulfide) groups is 1. The van der Waals surface area contributed by atoms with Crippen molar-refractivity contribution in [1.29, 1.82) is 0 Å². The number of nitrogens with zero attached hydrogens (tertiary/aromatic N) is 1. The highest BCUT2D eigenvalue weighted by Gasteiger charge is 2.21. The first-order chi connectivity index (χ1) is 9.20. The Morgan fingerprint density at radius 3 is 3.00 bits per heavy atom. The van der Waals surface area contributed by atoms with Gasteiger partial charge in [-0.05, 0) is 24.3 Å². The summed E-state index contributed by atoms with van der Waals surface area (Å²) in [6, 6.07) is 4.03. The maximum absolute atomic E-state index is 12.2. The smallest absolute Gasteiger partial charge is 0.250 e. The Kier molecular flexibility index (Phi) is 5.54. The van der Waals surface area contributed by atoms with E-state index in [1.165, 1.54) is 0 Å². The minimum atomic E-state index is -2.33. The first-order valence-corrected chi connectivity index (χ1v) is 7.53. The number of ether oxygens (including phenoxy) is 1. The van der Waals surface area contributed by atoms with Crippen molar-refractivity contribution in [3.05, 3.63) is 23.4 Å². The predicted octanol–water partition coefficient (Wildman–Crippen LogP) is 2.66. The van der Waals surface area contributed by atoms with Crippen LogP contribution in [0.15, 0.2) is 17.2 Å². The summed E-state index contributed by atoms with van der Waals surface area (Å²) in [6.07, 6.45) is 0.598. The summed E-state index contributed by atoms with van der Waals surface area (Å²) in [4.78, 5) is 4.53. The number of aromatic nitrogens is 1. The summed E-state index contributed by atoms with van der Waals surface area (Å²) >= 11 is 1.56. The van der Waals surface area contributed by atoms with Gasteiger partial charge in [0.15, 0.2) is 0 Å². The summed E-state index contributed by atoms with van der Waals surface area (Å²) < 4.78 is 29.7. The Bertz CT molecular complexity index is 412. The Morgan fingerprint density at radius 1 is 1.53 bits per heavy atom. The zero-order valence-electron chi connectivity index (χ0n) is 10.9. The van der Waals surface area contributed by atoms with Crippen LogP contribution in [0.2, 0.25) is 0 Å². The molecule has 106 valence electrons. The molecule has 0 amide bonds. The second-order valence-corrected chi connectivity index (χ2v) is 5.30. The molecule has 1 aliphatic rings. The minimum absolute atomic E-state index is 0.300. The van der Waals surface area contributed by atoms with Crippen molar-refractivity contribution < 1.29 is 13.5 Å². The van der Waals surface area contributed by atoms with E-state index >= 15 is 0 Å². The Hall–Kier alpha value is -0.720. The molecule has 2 rings (SSSR count). The normalized spacial score (nSPS) is 19.3. The van der Waals surface area contributed by atoms with Crippen molar-refractivity contribution in [2.24, 2.45) is 0 Å². The van der Waals surface area contributed by atoms with Gasteiger partial charge in [0.05, 0.1) is 23.9 Å². The van der Waals surface area contributed by atoms with E-state index in [0.717, 1.165) is 29.3 Å². The van der Waals surface area contributed by atoms with Crippen molar-refractivity contribution in [3.8, 4) is 0 Å². The largest absolute Gasteiger partial charge is 0.381 e. The molecule has 0 saturated carbocycles. The molecule has 1 aromatic rings. The second kappa shape index (κ2) is 7.17. The highest BCUT2D eigenvalue weighted by molar-refractivity contribution is 7.98. The number of alkyl halides is 2. The lowest BCUT2D eigenvalue weighted by molar-refractivity contribution is 0.145. The molecule has 1 aliphatic heterocycles. The van der Waals surface area contributed by atoms with Crippen LogP contribution in [-0.2, 0) is 11.3 Å². The molecule has 0 spiro atoms. The first-order valence-electron chi connectivity index (χ1n) is 6.31. The van der Waals surface area contributed by atoms with E-state index < -0.39 is 6.43 Å². The van der Waals surface area contributed by atoms with E-state index in [0.29, 0.717) is 19.1 Å². The maximum atomic E-state index is 12.2. The van der Waals surface area contributed by atoms with E-state index in [1.54, 1.807) is 11.8 Å². The van der Waals surface area contributed by atoms with Gasteiger partial charge >= 0.3 is 0 Å². The molecule has 0 aliphatic carbocycles. The van der Waals surface area contributed by atoms with Gasteiger partial charge < -0.3 is 10.1 Å². The quantitative estimate of drug-likeness (QED) is 0.816. The summed E-state index contributed by atoms with van der Waals surface area (Å²) in [7, 11) is 0. The molecule has 19 heavy (non-hydrogen) atoms. The topological polar surface area (TPSA) is 34.1 Å². The molecule has 3 nitrogen and oxygen atoms in total. The molecule has 1 fully saturated rings. The third-order valence-electron chi connectivity index (χ3n) is 3.15. The third-order valence-corrected chi connectivity index (χ3v) is 3.80. The van der Waals surface area contributed by atoms with E-state index in [9.17, 15) is 8.78 Å². The fraction of sp³-hybridized carbons (Fsp3) is 0.615. The van der Waals surface area contributed by atoms with Crippen molar-refractivity contribution in [2.75, 3.05) is 26.0 Å². The summed E-state index contributed by atoms with van der Waals surface area (Å²) in [5, 5.41) is 3.67. The lowest BCUT2D eigenvalue weighted by Gasteiger charge is -2.15. The number of hydrogen-bond donors (Lipinski definition) is 1. The van der Waals surface area contributed by atoms with Gasteiger partial charge in [-0.25, -0.2) is 13.8 Å². The van der Waals surface area contributed by atoms with Gasteiger partial charge in [0.2, 0.25) is 0 Å². The summed E-state index contributed by atoms with van der Waals surface area (Å²) in [5.41, 5.74) is 1.99. The number of rotatable bonds is 6. The van der Waals surface area contributed by atoms with Crippen LogP contribution in [-0.4, -0.2) is 37.4 Å². The molecule has 1 atom stereocenters. The zero-order chi connectivity index (χ0) is 13.7. The second-order valence-electron chi connectivity index (χ2n) is 4.47. The molecular weight excluding hydrogens is 270 g/mol. The molecule has 1 aromatic heterocycles. The van der Waals surface area contributed by atoms with E-state index in [-0.39, 0.29) is 6.54 Å². The van der Waals surface area contributed by atoms with Crippen LogP contribution in [0, 0.1) is 0 Å². The number of nitrogens with one attached hydrogen (secondary N) is 1. The average molecular weight is 288 g/mol. The summed E-state index contributed by atoms with van der Waals surface area (Å²) in [6.45, 7) is 1.54. The number of pyridine rings is 1. The van der Waals surface area contributed by atoms with Gasteiger partial charge in [0.1, 0.15) is 0 Å². The minimum Gasteiger partial charge on any atom is -0.381 e. The van der Waals surface area contributed by atoms with E-state index in [1.807, 2.05) is 12.3 Å². The average Bonchev–Trinajstić information content (AvgIpc) is 2.92. The molecule has 0 radical (unpaired) electrons. The van der Waals surface area contributed by atoms with Gasteiger partial charge in [-0.3, -0.25) is 0 Å². The maximum Gasteiger partial charge on any atom is 0.250 e. The lowest BCUT2D eigenvalue weighted by Crippen LogP contribution is -2.22. The van der Waals surface area contributed by atoms with Gasteiger partial charge in [0, 0.05) is 19.1 Å². The van der Waals surface area contributed by atoms with Crippen LogP contribution in [0.25, 0.3) is 0 Å². The monoisotopic (exact) mass is 288 g/mol. The number of hydrogen-bond acceptors (Lipinski definition) is 4. The third kappa shape index (κ3) is 4.12. The van der Waals surface area contributed by atoms with Crippen LogP contribution in [0.4, 0.5) is 8.78 Å². The highest BCUT2D eigenvalue weighted by Crippen LogP contribution is 2.28. The van der Waals surface area contributed by atoms with E-state index in [4.69, 9.17) is 4.74 Å². The van der Waals surface area contributed by atoms with Crippen molar-refractivity contribution >= 4 is 11.8 Å². The molecule has 1 saturated heterocycles. The first kappa shape index (κ1) is 14.7. The Morgan fingerprint density at radius 2 is 2.37 bits per heavy atom. The van der Waals surface area contributed by atoms with E-state index in [2.05, 4.69) is 16.4 Å². The molecule has 6 heteroatoms. The fourth-order valence-electron chi connectivity index (χ4n) is 2.20. The zero-order valence-corrected chi connectivity index (χ0v) is 11.7.